The van der Waals surface area contributed by atoms with E-state index in [1.165, 1.54) is 10.5 Å². The van der Waals surface area contributed by atoms with Crippen molar-refractivity contribution in [1.29, 1.82) is 0 Å². The number of aryl methyl sites for hydroxylation is 1. The standard InChI is InChI=1S/C17H18OS/c1-14-9-11-16(12-10-14)19-13-5-8-17(18)15-6-3-2-4-7-15/h2-4,6-7,9-12H,5,8,13H2,1H3. The van der Waals surface area contributed by atoms with Crippen molar-refractivity contribution >= 4 is 17.5 Å². The summed E-state index contributed by atoms with van der Waals surface area (Å²) in [6.07, 6.45) is 1.55. The molecule has 0 aliphatic heterocycles. The quantitative estimate of drug-likeness (QED) is 0.428. The van der Waals surface area contributed by atoms with Crippen LogP contribution >= 0.6 is 11.8 Å². The number of benzene rings is 2. The van der Waals surface area contributed by atoms with Gasteiger partial charge in [-0.2, -0.15) is 0 Å². The van der Waals surface area contributed by atoms with Crippen LogP contribution in [0.4, 0.5) is 0 Å². The Labute approximate surface area is 119 Å². The minimum Gasteiger partial charge on any atom is -0.294 e. The second-order valence-electron chi connectivity index (χ2n) is 4.55. The lowest BCUT2D eigenvalue weighted by molar-refractivity contribution is 0.0982. The van der Waals surface area contributed by atoms with Crippen LogP contribution in [0.1, 0.15) is 28.8 Å². The molecule has 2 rings (SSSR count). The number of rotatable bonds is 6. The summed E-state index contributed by atoms with van der Waals surface area (Å²) in [7, 11) is 0. The van der Waals surface area contributed by atoms with Crippen molar-refractivity contribution in [3.05, 3.63) is 65.7 Å². The predicted octanol–water partition coefficient (Wildman–Crippen LogP) is 4.75. The minimum atomic E-state index is 0.241. The van der Waals surface area contributed by atoms with E-state index < -0.39 is 0 Å². The van der Waals surface area contributed by atoms with Crippen LogP contribution in [0.5, 0.6) is 0 Å². The lowest BCUT2D eigenvalue weighted by Gasteiger charge is -2.02. The summed E-state index contributed by atoms with van der Waals surface area (Å²) >= 11 is 1.81. The van der Waals surface area contributed by atoms with Gasteiger partial charge in [0.25, 0.3) is 0 Å². The fourth-order valence-electron chi connectivity index (χ4n) is 1.83. The number of hydrogen-bond acceptors (Lipinski definition) is 2. The summed E-state index contributed by atoms with van der Waals surface area (Å²) in [5.41, 5.74) is 2.10. The van der Waals surface area contributed by atoms with Crippen LogP contribution in [0.3, 0.4) is 0 Å². The van der Waals surface area contributed by atoms with E-state index in [2.05, 4.69) is 31.2 Å². The molecular formula is C17H18OS. The third kappa shape index (κ3) is 4.56. The fraction of sp³-hybridized carbons (Fsp3) is 0.235. The highest BCUT2D eigenvalue weighted by Crippen LogP contribution is 2.20. The molecule has 0 saturated carbocycles. The normalized spacial score (nSPS) is 10.4. The number of carbonyl (C=O) groups excluding carboxylic acids is 1. The largest absolute Gasteiger partial charge is 0.294 e. The second kappa shape index (κ2) is 7.15. The molecule has 19 heavy (non-hydrogen) atoms. The molecule has 0 aromatic heterocycles. The van der Waals surface area contributed by atoms with E-state index >= 15 is 0 Å². The van der Waals surface area contributed by atoms with Gasteiger partial charge in [0.1, 0.15) is 0 Å². The molecule has 2 aromatic rings. The topological polar surface area (TPSA) is 17.1 Å². The smallest absolute Gasteiger partial charge is 0.162 e. The van der Waals surface area contributed by atoms with Crippen LogP contribution in [-0.2, 0) is 0 Å². The number of carbonyl (C=O) groups is 1. The van der Waals surface area contributed by atoms with Crippen molar-refractivity contribution in [2.75, 3.05) is 5.75 Å². The van der Waals surface area contributed by atoms with Gasteiger partial charge in [-0.1, -0.05) is 48.0 Å². The zero-order chi connectivity index (χ0) is 13.5. The van der Waals surface area contributed by atoms with Crippen LogP contribution in [0.25, 0.3) is 0 Å². The highest BCUT2D eigenvalue weighted by Gasteiger charge is 2.04. The number of ketones is 1. The molecule has 1 nitrogen and oxygen atoms in total. The first-order valence-corrected chi connectivity index (χ1v) is 7.52. The Kier molecular flexibility index (Phi) is 5.22. The van der Waals surface area contributed by atoms with E-state index in [4.69, 9.17) is 0 Å². The second-order valence-corrected chi connectivity index (χ2v) is 5.72. The summed E-state index contributed by atoms with van der Waals surface area (Å²) in [5, 5.41) is 0. The van der Waals surface area contributed by atoms with Crippen molar-refractivity contribution in [3.63, 3.8) is 0 Å². The fourth-order valence-corrected chi connectivity index (χ4v) is 2.68. The third-order valence-electron chi connectivity index (χ3n) is 2.93. The maximum atomic E-state index is 11.9. The molecular weight excluding hydrogens is 252 g/mol. The van der Waals surface area contributed by atoms with Crippen molar-refractivity contribution < 1.29 is 4.79 Å². The van der Waals surface area contributed by atoms with Crippen LogP contribution in [0.15, 0.2) is 59.5 Å². The zero-order valence-electron chi connectivity index (χ0n) is 11.1. The Morgan fingerprint density at radius 2 is 1.68 bits per heavy atom. The van der Waals surface area contributed by atoms with E-state index in [-0.39, 0.29) is 5.78 Å². The van der Waals surface area contributed by atoms with Gasteiger partial charge < -0.3 is 0 Å². The summed E-state index contributed by atoms with van der Waals surface area (Å²) < 4.78 is 0. The monoisotopic (exact) mass is 270 g/mol. The van der Waals surface area contributed by atoms with Gasteiger partial charge in [-0.25, -0.2) is 0 Å². The molecule has 2 heteroatoms. The minimum absolute atomic E-state index is 0.241. The maximum Gasteiger partial charge on any atom is 0.162 e. The molecule has 0 unspecified atom stereocenters. The molecule has 98 valence electrons. The number of thioether (sulfide) groups is 1. The molecule has 0 radical (unpaired) electrons. The molecule has 0 saturated heterocycles. The first-order chi connectivity index (χ1) is 9.25. The summed E-state index contributed by atoms with van der Waals surface area (Å²) in [4.78, 5) is 13.2. The molecule has 0 heterocycles. The Morgan fingerprint density at radius 1 is 1.00 bits per heavy atom. The third-order valence-corrected chi connectivity index (χ3v) is 4.03. The zero-order valence-corrected chi connectivity index (χ0v) is 12.0. The first-order valence-electron chi connectivity index (χ1n) is 6.53. The highest BCUT2D eigenvalue weighted by atomic mass is 32.2. The molecule has 0 bridgehead atoms. The van der Waals surface area contributed by atoms with E-state index in [0.717, 1.165) is 17.7 Å². The molecule has 0 atom stereocenters. The molecule has 2 aromatic carbocycles. The van der Waals surface area contributed by atoms with Crippen LogP contribution in [0.2, 0.25) is 0 Å². The Balaban J connectivity index is 1.72. The highest BCUT2D eigenvalue weighted by molar-refractivity contribution is 7.99. The van der Waals surface area contributed by atoms with Crippen molar-refractivity contribution in [2.45, 2.75) is 24.7 Å². The van der Waals surface area contributed by atoms with Crippen LogP contribution in [-0.4, -0.2) is 11.5 Å². The molecule has 0 aliphatic rings. The number of hydrogen-bond donors (Lipinski definition) is 0. The van der Waals surface area contributed by atoms with Gasteiger partial charge in [-0.3, -0.25) is 4.79 Å². The average Bonchev–Trinajstić information content (AvgIpc) is 2.46. The van der Waals surface area contributed by atoms with Gasteiger partial charge in [0, 0.05) is 16.9 Å². The lowest BCUT2D eigenvalue weighted by atomic mass is 10.1. The van der Waals surface area contributed by atoms with Crippen LogP contribution < -0.4 is 0 Å². The van der Waals surface area contributed by atoms with Crippen molar-refractivity contribution in [1.82, 2.24) is 0 Å². The van der Waals surface area contributed by atoms with E-state index in [1.807, 2.05) is 42.1 Å². The molecule has 0 spiro atoms. The van der Waals surface area contributed by atoms with Gasteiger partial charge in [-0.05, 0) is 31.2 Å². The lowest BCUT2D eigenvalue weighted by Crippen LogP contribution is -1.99. The van der Waals surface area contributed by atoms with E-state index in [9.17, 15) is 4.79 Å². The van der Waals surface area contributed by atoms with Crippen LogP contribution in [0, 0.1) is 6.92 Å². The molecule has 0 amide bonds. The van der Waals surface area contributed by atoms with Gasteiger partial charge in [0.2, 0.25) is 0 Å². The Bertz CT molecular complexity index is 517. The van der Waals surface area contributed by atoms with Gasteiger partial charge >= 0.3 is 0 Å². The maximum absolute atomic E-state index is 11.9. The average molecular weight is 270 g/mol. The number of Topliss-reactive ketones (excluding diaryl/α,β-unsaturated/α-hetero) is 1. The van der Waals surface area contributed by atoms with Crippen molar-refractivity contribution in [2.24, 2.45) is 0 Å². The summed E-state index contributed by atoms with van der Waals surface area (Å²) in [6, 6.07) is 18.0. The summed E-state index contributed by atoms with van der Waals surface area (Å²) in [5.74, 6) is 1.23. The summed E-state index contributed by atoms with van der Waals surface area (Å²) in [6.45, 7) is 2.09. The molecule has 0 fully saturated rings. The van der Waals surface area contributed by atoms with Crippen molar-refractivity contribution in [3.8, 4) is 0 Å². The van der Waals surface area contributed by atoms with Gasteiger partial charge in [0.05, 0.1) is 0 Å². The first kappa shape index (κ1) is 13.9. The Morgan fingerprint density at radius 3 is 2.37 bits per heavy atom. The van der Waals surface area contributed by atoms with E-state index in [1.54, 1.807) is 0 Å². The Hall–Kier alpha value is -1.54. The van der Waals surface area contributed by atoms with Gasteiger partial charge in [0.15, 0.2) is 5.78 Å². The van der Waals surface area contributed by atoms with E-state index in [0.29, 0.717) is 6.42 Å². The molecule has 0 N–H and O–H groups in total. The van der Waals surface area contributed by atoms with Gasteiger partial charge in [-0.15, -0.1) is 11.8 Å². The molecule has 0 aliphatic carbocycles. The predicted molar refractivity (Wildman–Crippen MR) is 81.9 cm³/mol. The SMILES string of the molecule is Cc1ccc(SCCCC(=O)c2ccccc2)cc1.